The van der Waals surface area contributed by atoms with Crippen LogP contribution >= 0.6 is 15.9 Å². The lowest BCUT2D eigenvalue weighted by Crippen LogP contribution is -2.29. The SMILES string of the molecule is Brc1ccc(-c2cc3c([nH]2)CN(Cc2ccccc2)CC3)cc1. The van der Waals surface area contributed by atoms with Crippen LogP contribution in [0.25, 0.3) is 11.3 Å². The van der Waals surface area contributed by atoms with E-state index >= 15 is 0 Å². The second-order valence-electron chi connectivity index (χ2n) is 6.14. The van der Waals surface area contributed by atoms with Gasteiger partial charge in [0.1, 0.15) is 0 Å². The molecule has 3 aromatic rings. The van der Waals surface area contributed by atoms with Gasteiger partial charge >= 0.3 is 0 Å². The Hall–Kier alpha value is -1.84. The van der Waals surface area contributed by atoms with Crippen LogP contribution in [0.1, 0.15) is 16.8 Å². The maximum absolute atomic E-state index is 3.63. The van der Waals surface area contributed by atoms with E-state index in [4.69, 9.17) is 0 Å². The summed E-state index contributed by atoms with van der Waals surface area (Å²) in [5, 5.41) is 0. The van der Waals surface area contributed by atoms with Crippen molar-refractivity contribution in [3.05, 3.63) is 82.0 Å². The van der Waals surface area contributed by atoms with Crippen molar-refractivity contribution in [2.45, 2.75) is 19.5 Å². The largest absolute Gasteiger partial charge is 0.357 e. The van der Waals surface area contributed by atoms with E-state index in [2.05, 4.69) is 86.5 Å². The molecule has 2 heterocycles. The van der Waals surface area contributed by atoms with Crippen molar-refractivity contribution in [1.82, 2.24) is 9.88 Å². The van der Waals surface area contributed by atoms with Crippen LogP contribution in [0.4, 0.5) is 0 Å². The van der Waals surface area contributed by atoms with Gasteiger partial charge in [-0.15, -0.1) is 0 Å². The Morgan fingerprint density at radius 1 is 1.00 bits per heavy atom. The zero-order valence-electron chi connectivity index (χ0n) is 12.9. The average molecular weight is 367 g/mol. The highest BCUT2D eigenvalue weighted by Crippen LogP contribution is 2.27. The number of aromatic amines is 1. The monoisotopic (exact) mass is 366 g/mol. The number of H-pyrrole nitrogens is 1. The molecule has 23 heavy (non-hydrogen) atoms. The molecule has 0 saturated heterocycles. The third kappa shape index (κ3) is 3.26. The Morgan fingerprint density at radius 2 is 1.78 bits per heavy atom. The second-order valence-corrected chi connectivity index (χ2v) is 7.06. The van der Waals surface area contributed by atoms with Crippen LogP contribution in [0, 0.1) is 0 Å². The molecule has 2 nitrogen and oxygen atoms in total. The molecule has 1 aliphatic rings. The van der Waals surface area contributed by atoms with Crippen LogP contribution in [-0.4, -0.2) is 16.4 Å². The molecule has 1 aromatic heterocycles. The minimum absolute atomic E-state index is 1.00. The van der Waals surface area contributed by atoms with Gasteiger partial charge in [0.25, 0.3) is 0 Å². The van der Waals surface area contributed by atoms with Crippen LogP contribution in [0.5, 0.6) is 0 Å². The topological polar surface area (TPSA) is 19.0 Å². The van der Waals surface area contributed by atoms with Gasteiger partial charge in [-0.1, -0.05) is 58.4 Å². The van der Waals surface area contributed by atoms with E-state index in [9.17, 15) is 0 Å². The summed E-state index contributed by atoms with van der Waals surface area (Å²) in [5.74, 6) is 0. The van der Waals surface area contributed by atoms with E-state index in [1.165, 1.54) is 28.1 Å². The number of aromatic nitrogens is 1. The molecule has 0 aliphatic carbocycles. The molecule has 1 N–H and O–H groups in total. The van der Waals surface area contributed by atoms with Crippen LogP contribution in [0.2, 0.25) is 0 Å². The Morgan fingerprint density at radius 3 is 2.57 bits per heavy atom. The molecule has 0 spiro atoms. The number of halogens is 1. The van der Waals surface area contributed by atoms with Gasteiger partial charge in [-0.2, -0.15) is 0 Å². The van der Waals surface area contributed by atoms with Crippen LogP contribution < -0.4 is 0 Å². The first-order chi connectivity index (χ1) is 11.3. The molecule has 0 fully saturated rings. The fourth-order valence-electron chi connectivity index (χ4n) is 3.25. The van der Waals surface area contributed by atoms with Crippen molar-refractivity contribution in [3.8, 4) is 11.3 Å². The number of fused-ring (bicyclic) bond motifs is 1. The van der Waals surface area contributed by atoms with E-state index in [1.54, 1.807) is 0 Å². The predicted octanol–water partition coefficient (Wildman–Crippen LogP) is 5.00. The van der Waals surface area contributed by atoms with E-state index in [1.807, 2.05) is 0 Å². The van der Waals surface area contributed by atoms with E-state index in [0.29, 0.717) is 0 Å². The first-order valence-corrected chi connectivity index (χ1v) is 8.80. The van der Waals surface area contributed by atoms with Crippen molar-refractivity contribution in [2.24, 2.45) is 0 Å². The lowest BCUT2D eigenvalue weighted by atomic mass is 10.1. The summed E-state index contributed by atoms with van der Waals surface area (Å²) >= 11 is 3.50. The van der Waals surface area contributed by atoms with Gasteiger partial charge < -0.3 is 4.98 Å². The van der Waals surface area contributed by atoms with Crippen molar-refractivity contribution in [1.29, 1.82) is 0 Å². The van der Waals surface area contributed by atoms with Crippen LogP contribution in [0.15, 0.2) is 65.1 Å². The van der Waals surface area contributed by atoms with Crippen molar-refractivity contribution in [3.63, 3.8) is 0 Å². The summed E-state index contributed by atoms with van der Waals surface area (Å²) in [6.07, 6.45) is 1.12. The molecular weight excluding hydrogens is 348 g/mol. The van der Waals surface area contributed by atoms with E-state index in [-0.39, 0.29) is 0 Å². The van der Waals surface area contributed by atoms with Gasteiger partial charge in [-0.25, -0.2) is 0 Å². The highest BCUT2D eigenvalue weighted by molar-refractivity contribution is 9.10. The molecule has 0 bridgehead atoms. The number of hydrogen-bond acceptors (Lipinski definition) is 1. The molecule has 2 aromatic carbocycles. The summed E-state index contributed by atoms with van der Waals surface area (Å²) in [6.45, 7) is 3.15. The third-order valence-corrected chi connectivity index (χ3v) is 5.00. The van der Waals surface area contributed by atoms with Gasteiger partial charge in [0.2, 0.25) is 0 Å². The lowest BCUT2D eigenvalue weighted by Gasteiger charge is -2.26. The molecule has 4 rings (SSSR count). The summed E-state index contributed by atoms with van der Waals surface area (Å²) in [5.41, 5.74) is 6.69. The van der Waals surface area contributed by atoms with Crippen molar-refractivity contribution < 1.29 is 0 Å². The van der Waals surface area contributed by atoms with Gasteiger partial charge in [0.05, 0.1) is 0 Å². The Balaban J connectivity index is 1.52. The molecule has 3 heteroatoms. The summed E-state index contributed by atoms with van der Waals surface area (Å²) in [7, 11) is 0. The molecular formula is C20H19BrN2. The maximum atomic E-state index is 3.63. The number of hydrogen-bond donors (Lipinski definition) is 1. The first-order valence-electron chi connectivity index (χ1n) is 8.01. The first kappa shape index (κ1) is 14.7. The molecule has 116 valence electrons. The van der Waals surface area contributed by atoms with Crippen LogP contribution in [0.3, 0.4) is 0 Å². The quantitative estimate of drug-likeness (QED) is 0.690. The number of nitrogens with one attached hydrogen (secondary N) is 1. The summed E-state index contributed by atoms with van der Waals surface area (Å²) in [6, 6.07) is 21.5. The minimum atomic E-state index is 1.00. The zero-order chi connectivity index (χ0) is 15.6. The van der Waals surface area contributed by atoms with Crippen molar-refractivity contribution >= 4 is 15.9 Å². The van der Waals surface area contributed by atoms with E-state index in [0.717, 1.165) is 30.5 Å². The lowest BCUT2D eigenvalue weighted by molar-refractivity contribution is 0.243. The fraction of sp³-hybridized carbons (Fsp3) is 0.200. The van der Waals surface area contributed by atoms with Gasteiger partial charge in [0, 0.05) is 35.5 Å². The number of rotatable bonds is 3. The number of nitrogens with zero attached hydrogens (tertiary/aromatic N) is 1. The molecule has 1 aliphatic heterocycles. The standard InChI is InChI=1S/C20H19BrN2/c21-18-8-6-16(7-9-18)19-12-17-10-11-23(14-20(17)22-19)13-15-4-2-1-3-5-15/h1-9,12,22H,10-11,13-14H2. The average Bonchev–Trinajstić information content (AvgIpc) is 3.00. The molecule has 0 saturated carbocycles. The molecule has 0 unspecified atom stereocenters. The zero-order valence-corrected chi connectivity index (χ0v) is 14.5. The van der Waals surface area contributed by atoms with E-state index < -0.39 is 0 Å². The second kappa shape index (κ2) is 6.34. The van der Waals surface area contributed by atoms with Crippen LogP contribution in [-0.2, 0) is 19.5 Å². The molecule has 0 radical (unpaired) electrons. The molecule has 0 amide bonds. The summed E-state index contributed by atoms with van der Waals surface area (Å²) in [4.78, 5) is 6.14. The maximum Gasteiger partial charge on any atom is 0.0459 e. The van der Waals surface area contributed by atoms with Gasteiger partial charge in [0.15, 0.2) is 0 Å². The Labute approximate surface area is 145 Å². The summed E-state index contributed by atoms with van der Waals surface area (Å²) < 4.78 is 1.12. The Bertz CT molecular complexity index is 790. The fourth-order valence-corrected chi connectivity index (χ4v) is 3.51. The normalized spacial score (nSPS) is 14.7. The van der Waals surface area contributed by atoms with Crippen molar-refractivity contribution in [2.75, 3.05) is 6.54 Å². The van der Waals surface area contributed by atoms with Gasteiger partial charge in [-0.05, 0) is 41.3 Å². The molecule has 0 atom stereocenters. The highest BCUT2D eigenvalue weighted by atomic mass is 79.9. The highest BCUT2D eigenvalue weighted by Gasteiger charge is 2.19. The minimum Gasteiger partial charge on any atom is -0.357 e. The number of benzene rings is 2. The smallest absolute Gasteiger partial charge is 0.0459 e. The Kier molecular flexibility index (Phi) is 4.06. The predicted molar refractivity (Wildman–Crippen MR) is 98.2 cm³/mol. The third-order valence-electron chi connectivity index (χ3n) is 4.48. The van der Waals surface area contributed by atoms with Gasteiger partial charge in [-0.3, -0.25) is 4.90 Å².